The first-order valence-corrected chi connectivity index (χ1v) is 23.6. The zero-order valence-electron chi connectivity index (χ0n) is 37.3. The summed E-state index contributed by atoms with van der Waals surface area (Å²) in [5, 5.41) is 42.8. The van der Waals surface area contributed by atoms with Crippen molar-refractivity contribution in [2.24, 2.45) is 57.2 Å². The molecule has 0 aromatic carbocycles. The lowest BCUT2D eigenvalue weighted by molar-refractivity contribution is -0.200. The number of fused-ring (bicyclic) bond motifs is 14. The summed E-state index contributed by atoms with van der Waals surface area (Å²) in [4.78, 5) is 50.4. The summed E-state index contributed by atoms with van der Waals surface area (Å²) in [6.07, 6.45) is 16.6. The van der Waals surface area contributed by atoms with Crippen LogP contribution < -0.4 is 0 Å². The van der Waals surface area contributed by atoms with E-state index in [-0.39, 0.29) is 69.5 Å². The molecule has 0 radical (unpaired) electrons. The van der Waals surface area contributed by atoms with Gasteiger partial charge in [0, 0.05) is 33.5 Å². The van der Waals surface area contributed by atoms with Gasteiger partial charge in [0.05, 0.1) is 24.4 Å². The monoisotopic (exact) mass is 860 g/mol. The summed E-state index contributed by atoms with van der Waals surface area (Å²) in [6, 6.07) is 0. The highest BCUT2D eigenvalue weighted by atomic mass is 16.8. The molecule has 340 valence electrons. The third-order valence-corrected chi connectivity index (χ3v) is 18.7. The molecule has 18 atom stereocenters. The molecule has 10 rings (SSSR count). The third-order valence-electron chi connectivity index (χ3n) is 18.7. The summed E-state index contributed by atoms with van der Waals surface area (Å²) in [6.45, 7) is 11.3. The molecule has 2 saturated heterocycles. The van der Waals surface area contributed by atoms with Crippen LogP contribution in [0.15, 0.2) is 47.6 Å². The van der Waals surface area contributed by atoms with Crippen molar-refractivity contribution < 1.29 is 58.6 Å². The minimum atomic E-state index is -1.20. The fourth-order valence-electron chi connectivity index (χ4n) is 16.2. The van der Waals surface area contributed by atoms with Crippen molar-refractivity contribution in [3.63, 3.8) is 0 Å². The molecule has 8 fully saturated rings. The normalized spacial score (nSPS) is 50.4. The highest BCUT2D eigenvalue weighted by molar-refractivity contribution is 6.01. The largest absolute Gasteiger partial charge is 0.393 e. The van der Waals surface area contributed by atoms with Gasteiger partial charge in [0.2, 0.25) is 0 Å². The Bertz CT molecular complexity index is 1860. The topological polar surface area (TPSA) is 186 Å². The summed E-state index contributed by atoms with van der Waals surface area (Å²) < 4.78 is 25.3. The molecule has 12 heteroatoms. The van der Waals surface area contributed by atoms with Crippen molar-refractivity contribution in [1.29, 1.82) is 0 Å². The molecule has 0 unspecified atom stereocenters. The van der Waals surface area contributed by atoms with Crippen molar-refractivity contribution in [2.45, 2.75) is 167 Å². The molecular formula is C50H68O12. The molecule has 0 spiro atoms. The summed E-state index contributed by atoms with van der Waals surface area (Å²) in [5.41, 5.74) is -2.09. The van der Waals surface area contributed by atoms with Crippen LogP contribution in [0.2, 0.25) is 0 Å². The highest BCUT2D eigenvalue weighted by Crippen LogP contribution is 2.71. The van der Waals surface area contributed by atoms with Gasteiger partial charge < -0.3 is 39.4 Å². The number of rotatable bonds is 8. The molecule has 0 bridgehead atoms. The van der Waals surface area contributed by atoms with Crippen LogP contribution in [0.3, 0.4) is 0 Å². The predicted molar refractivity (Wildman–Crippen MR) is 226 cm³/mol. The quantitative estimate of drug-likeness (QED) is 0.243. The number of carbonyl (C=O) groups excluding carboxylic acids is 4. The van der Waals surface area contributed by atoms with E-state index in [1.807, 2.05) is 12.2 Å². The van der Waals surface area contributed by atoms with Gasteiger partial charge in [0.1, 0.15) is 13.2 Å². The van der Waals surface area contributed by atoms with E-state index in [2.05, 4.69) is 41.5 Å². The molecule has 10 aliphatic rings. The van der Waals surface area contributed by atoms with E-state index in [0.29, 0.717) is 38.5 Å². The van der Waals surface area contributed by atoms with E-state index < -0.39 is 72.2 Å². The van der Waals surface area contributed by atoms with E-state index in [9.17, 15) is 39.6 Å². The van der Waals surface area contributed by atoms with Crippen LogP contribution in [0.25, 0.3) is 0 Å². The Morgan fingerprint density at radius 3 is 1.40 bits per heavy atom. The van der Waals surface area contributed by atoms with Crippen LogP contribution in [0.1, 0.15) is 119 Å². The van der Waals surface area contributed by atoms with E-state index in [1.165, 1.54) is 0 Å². The first kappa shape index (κ1) is 44.5. The number of hydrogen-bond acceptors (Lipinski definition) is 12. The minimum Gasteiger partial charge on any atom is -0.393 e. The average molecular weight is 861 g/mol. The van der Waals surface area contributed by atoms with Crippen molar-refractivity contribution in [2.75, 3.05) is 13.2 Å². The third kappa shape index (κ3) is 5.92. The standard InChI is InChI=1S/2C25H34O6/c2*1-4-5-21-30-20-11-17-16-7-6-14-10-15(27)8-9-23(14,2)22(16)18(28)12-24(17,3)25(20,31-21)19(29)13-26/h2*8-10,16-18,20-22,26,28H,4-7,11-13H2,1-3H3/t2*16-,17-,18-,20+,21+,22+,23-,24-,25+/m00/s1. The maximum Gasteiger partial charge on any atom is 0.193 e. The van der Waals surface area contributed by atoms with Crippen LogP contribution in [-0.4, -0.2) is 105 Å². The summed E-state index contributed by atoms with van der Waals surface area (Å²) >= 11 is 0. The Kier molecular flexibility index (Phi) is 11.1. The molecule has 0 aromatic heterocycles. The molecule has 2 aliphatic heterocycles. The zero-order valence-corrected chi connectivity index (χ0v) is 37.3. The van der Waals surface area contributed by atoms with Gasteiger partial charge in [-0.15, -0.1) is 0 Å². The highest BCUT2D eigenvalue weighted by Gasteiger charge is 2.77. The molecular weight excluding hydrogens is 793 g/mol. The van der Waals surface area contributed by atoms with E-state index in [1.54, 1.807) is 24.3 Å². The molecule has 0 aromatic rings. The number of carbonyl (C=O) groups is 4. The predicted octanol–water partition coefficient (Wildman–Crippen LogP) is 5.43. The Labute approximate surface area is 365 Å². The number of Topliss-reactive ketones (excluding diaryl/α,β-unsaturated/α-hetero) is 2. The van der Waals surface area contributed by atoms with E-state index >= 15 is 0 Å². The van der Waals surface area contributed by atoms with Crippen molar-refractivity contribution in [1.82, 2.24) is 0 Å². The number of ether oxygens (including phenoxy) is 4. The first-order chi connectivity index (χ1) is 29.4. The number of aliphatic hydroxyl groups excluding tert-OH is 4. The van der Waals surface area contributed by atoms with Crippen LogP contribution in [-0.2, 0) is 38.1 Å². The van der Waals surface area contributed by atoms with Crippen LogP contribution in [0.5, 0.6) is 0 Å². The number of ketones is 4. The van der Waals surface area contributed by atoms with Gasteiger partial charge in [-0.2, -0.15) is 0 Å². The maximum atomic E-state index is 13.2. The van der Waals surface area contributed by atoms with Gasteiger partial charge in [-0.3, -0.25) is 19.2 Å². The molecule has 4 N–H and O–H groups in total. The van der Waals surface area contributed by atoms with Gasteiger partial charge in [-0.25, -0.2) is 0 Å². The van der Waals surface area contributed by atoms with Gasteiger partial charge >= 0.3 is 0 Å². The number of hydrogen-bond donors (Lipinski definition) is 4. The molecule has 2 heterocycles. The second-order valence-corrected chi connectivity index (χ2v) is 21.5. The fraction of sp³-hybridized carbons (Fsp3) is 0.760. The summed E-state index contributed by atoms with van der Waals surface area (Å²) in [7, 11) is 0. The van der Waals surface area contributed by atoms with Crippen molar-refractivity contribution in [3.8, 4) is 0 Å². The maximum absolute atomic E-state index is 13.2. The van der Waals surface area contributed by atoms with Crippen LogP contribution >= 0.6 is 0 Å². The Hall–Kier alpha value is -2.68. The number of allylic oxidation sites excluding steroid dienone is 8. The van der Waals surface area contributed by atoms with Crippen LogP contribution in [0.4, 0.5) is 0 Å². The number of aliphatic hydroxyl groups is 4. The minimum absolute atomic E-state index is 0.0125. The smallest absolute Gasteiger partial charge is 0.193 e. The lowest BCUT2D eigenvalue weighted by Crippen LogP contribution is -2.63. The van der Waals surface area contributed by atoms with E-state index in [0.717, 1.165) is 49.7 Å². The molecule has 0 amide bonds. The Morgan fingerprint density at radius 2 is 1.05 bits per heavy atom. The zero-order chi connectivity index (χ0) is 44.4. The van der Waals surface area contributed by atoms with Crippen molar-refractivity contribution in [3.05, 3.63) is 47.6 Å². The molecule has 62 heavy (non-hydrogen) atoms. The fourth-order valence-corrected chi connectivity index (χ4v) is 16.2. The Balaban J connectivity index is 0.000000158. The van der Waals surface area contributed by atoms with E-state index in [4.69, 9.17) is 18.9 Å². The second-order valence-electron chi connectivity index (χ2n) is 21.5. The van der Waals surface area contributed by atoms with Gasteiger partial charge in [-0.1, -0.05) is 77.7 Å². The average Bonchev–Trinajstić information content (AvgIpc) is 3.92. The second kappa shape index (κ2) is 15.5. The Morgan fingerprint density at radius 1 is 0.661 bits per heavy atom. The molecule has 6 saturated carbocycles. The summed E-state index contributed by atoms with van der Waals surface area (Å²) in [5.74, 6) is 0.0549. The van der Waals surface area contributed by atoms with Crippen LogP contribution in [0, 0.1) is 57.2 Å². The lowest BCUT2D eigenvalue weighted by atomic mass is 9.46. The van der Waals surface area contributed by atoms with Crippen molar-refractivity contribution >= 4 is 23.1 Å². The molecule has 12 nitrogen and oxygen atoms in total. The first-order valence-electron chi connectivity index (χ1n) is 23.6. The lowest BCUT2D eigenvalue weighted by Gasteiger charge is -2.59. The SMILES string of the molecule is CCC[C@@H]1O[C@@H]2C[C@H]3[C@@H]4CCC5=CC(=O)C=C[C@]5(C)[C@H]4[C@@H](O)C[C@]3(C)[C@]2(C(=O)CO)O1.CCC[C@@H]1O[C@@H]2C[C@H]3[C@@H]4CCC5=CC(=O)C=C[C@]5(C)[C@H]4[C@@H](O)C[C@]3(C)[C@]2(C(=O)CO)O1. The van der Waals surface area contributed by atoms with Gasteiger partial charge in [0.25, 0.3) is 0 Å². The molecule has 8 aliphatic carbocycles. The van der Waals surface area contributed by atoms with Gasteiger partial charge in [-0.05, 0) is 112 Å². The van der Waals surface area contributed by atoms with Gasteiger partial charge in [0.15, 0.2) is 46.9 Å².